The highest BCUT2D eigenvalue weighted by Gasteiger charge is 2.22. The second-order valence-corrected chi connectivity index (χ2v) is 6.89. The molecule has 28 heavy (non-hydrogen) atoms. The Morgan fingerprint density at radius 1 is 0.964 bits per heavy atom. The van der Waals surface area contributed by atoms with Crippen molar-refractivity contribution in [1.82, 2.24) is 25.5 Å². The topological polar surface area (TPSA) is 102 Å². The summed E-state index contributed by atoms with van der Waals surface area (Å²) < 4.78 is 5.85. The first-order valence-electron chi connectivity index (χ1n) is 9.33. The summed E-state index contributed by atoms with van der Waals surface area (Å²) in [5.74, 6) is 3.08. The summed E-state index contributed by atoms with van der Waals surface area (Å²) >= 11 is 0. The molecule has 1 aliphatic rings. The van der Waals surface area contributed by atoms with Gasteiger partial charge < -0.3 is 15.8 Å². The van der Waals surface area contributed by atoms with E-state index in [1.807, 2.05) is 54.6 Å². The van der Waals surface area contributed by atoms with Gasteiger partial charge in [-0.05, 0) is 49.4 Å². The molecule has 0 unspecified atom stereocenters. The summed E-state index contributed by atoms with van der Waals surface area (Å²) in [6, 6.07) is 17.5. The number of nitrogens with zero attached hydrogens (tertiary/aromatic N) is 3. The van der Waals surface area contributed by atoms with E-state index < -0.39 is 0 Å². The van der Waals surface area contributed by atoms with Gasteiger partial charge in [0.15, 0.2) is 5.65 Å². The van der Waals surface area contributed by atoms with Crippen molar-refractivity contribution in [2.24, 2.45) is 0 Å². The fourth-order valence-corrected chi connectivity index (χ4v) is 3.55. The number of anilines is 1. The van der Waals surface area contributed by atoms with Crippen LogP contribution in [0.15, 0.2) is 54.6 Å². The SMILES string of the molecule is Nc1nc([C@@H]2CCNC2)nc2n[nH]c(-c3ccc(Oc4ccccc4)cc3)c12. The first kappa shape index (κ1) is 16.7. The van der Waals surface area contributed by atoms with E-state index in [1.54, 1.807) is 0 Å². The number of fused-ring (bicyclic) bond motifs is 1. The summed E-state index contributed by atoms with van der Waals surface area (Å²) in [6.07, 6.45) is 1.02. The minimum absolute atomic E-state index is 0.293. The number of rotatable bonds is 4. The molecule has 0 saturated carbocycles. The highest BCUT2D eigenvalue weighted by molar-refractivity contribution is 5.98. The van der Waals surface area contributed by atoms with Crippen LogP contribution in [-0.4, -0.2) is 33.3 Å². The Labute approximate surface area is 162 Å². The van der Waals surface area contributed by atoms with Crippen molar-refractivity contribution < 1.29 is 4.74 Å². The van der Waals surface area contributed by atoms with Crippen LogP contribution in [0.25, 0.3) is 22.3 Å². The molecule has 2 aromatic heterocycles. The van der Waals surface area contributed by atoms with Gasteiger partial charge in [0.2, 0.25) is 0 Å². The molecule has 1 saturated heterocycles. The molecule has 0 bridgehead atoms. The number of aromatic amines is 1. The van der Waals surface area contributed by atoms with Crippen molar-refractivity contribution in [1.29, 1.82) is 0 Å². The largest absolute Gasteiger partial charge is 0.457 e. The molecule has 7 nitrogen and oxygen atoms in total. The Morgan fingerprint density at radius 2 is 1.75 bits per heavy atom. The minimum atomic E-state index is 0.293. The Balaban J connectivity index is 1.45. The number of aromatic nitrogens is 4. The number of nitrogens with one attached hydrogen (secondary N) is 2. The fourth-order valence-electron chi connectivity index (χ4n) is 3.55. The van der Waals surface area contributed by atoms with E-state index in [4.69, 9.17) is 10.5 Å². The maximum Gasteiger partial charge on any atom is 0.187 e. The zero-order chi connectivity index (χ0) is 18.9. The van der Waals surface area contributed by atoms with Crippen LogP contribution in [0.3, 0.4) is 0 Å². The van der Waals surface area contributed by atoms with Crippen molar-refractivity contribution in [3.63, 3.8) is 0 Å². The normalized spacial score (nSPS) is 16.5. The summed E-state index contributed by atoms with van der Waals surface area (Å²) in [5, 5.41) is 11.5. The third-order valence-electron chi connectivity index (χ3n) is 5.01. The van der Waals surface area contributed by atoms with E-state index in [-0.39, 0.29) is 0 Å². The number of H-pyrrole nitrogens is 1. The monoisotopic (exact) mass is 372 g/mol. The van der Waals surface area contributed by atoms with E-state index >= 15 is 0 Å². The molecule has 1 fully saturated rings. The molecule has 0 aliphatic carbocycles. The lowest BCUT2D eigenvalue weighted by atomic mass is 10.1. The molecule has 0 radical (unpaired) electrons. The van der Waals surface area contributed by atoms with E-state index in [0.717, 1.165) is 53.5 Å². The van der Waals surface area contributed by atoms with Crippen LogP contribution in [0.2, 0.25) is 0 Å². The van der Waals surface area contributed by atoms with Gasteiger partial charge in [-0.2, -0.15) is 5.10 Å². The van der Waals surface area contributed by atoms with E-state index in [1.165, 1.54) is 0 Å². The average Bonchev–Trinajstić information content (AvgIpc) is 3.40. The zero-order valence-corrected chi connectivity index (χ0v) is 15.2. The Hall–Kier alpha value is -3.45. The van der Waals surface area contributed by atoms with Gasteiger partial charge in [-0.15, -0.1) is 0 Å². The highest BCUT2D eigenvalue weighted by atomic mass is 16.5. The summed E-state index contributed by atoms with van der Waals surface area (Å²) in [7, 11) is 0. The summed E-state index contributed by atoms with van der Waals surface area (Å²) in [5.41, 5.74) is 8.66. The molecule has 2 aromatic carbocycles. The second-order valence-electron chi connectivity index (χ2n) is 6.89. The molecule has 7 heteroatoms. The molecular formula is C21H20N6O. The predicted octanol–water partition coefficient (Wildman–Crippen LogP) is 3.47. The summed E-state index contributed by atoms with van der Waals surface area (Å²) in [6.45, 7) is 1.86. The van der Waals surface area contributed by atoms with Crippen LogP contribution < -0.4 is 15.8 Å². The molecule has 0 amide bonds. The molecule has 140 valence electrons. The first-order valence-corrected chi connectivity index (χ1v) is 9.33. The van der Waals surface area contributed by atoms with Crippen LogP contribution in [0.1, 0.15) is 18.2 Å². The number of benzene rings is 2. The zero-order valence-electron chi connectivity index (χ0n) is 15.2. The van der Waals surface area contributed by atoms with E-state index in [9.17, 15) is 0 Å². The van der Waals surface area contributed by atoms with Gasteiger partial charge in [0, 0.05) is 18.0 Å². The third kappa shape index (κ3) is 3.05. The number of hydrogen-bond donors (Lipinski definition) is 3. The molecule has 0 spiro atoms. The molecular weight excluding hydrogens is 352 g/mol. The van der Waals surface area contributed by atoms with Gasteiger partial charge in [-0.25, -0.2) is 9.97 Å². The number of ether oxygens (including phenoxy) is 1. The molecule has 3 heterocycles. The lowest BCUT2D eigenvalue weighted by Gasteiger charge is -2.08. The minimum Gasteiger partial charge on any atom is -0.457 e. The quantitative estimate of drug-likeness (QED) is 0.507. The van der Waals surface area contributed by atoms with Crippen molar-refractivity contribution in [3.05, 3.63) is 60.4 Å². The van der Waals surface area contributed by atoms with Crippen molar-refractivity contribution in [2.75, 3.05) is 18.8 Å². The van der Waals surface area contributed by atoms with Gasteiger partial charge in [-0.1, -0.05) is 18.2 Å². The van der Waals surface area contributed by atoms with Gasteiger partial charge in [0.25, 0.3) is 0 Å². The average molecular weight is 372 g/mol. The first-order chi connectivity index (χ1) is 13.8. The number of para-hydroxylation sites is 1. The lowest BCUT2D eigenvalue weighted by Crippen LogP contribution is -2.11. The van der Waals surface area contributed by atoms with Crippen LogP contribution in [-0.2, 0) is 0 Å². The summed E-state index contributed by atoms with van der Waals surface area (Å²) in [4.78, 5) is 9.20. The van der Waals surface area contributed by atoms with Crippen LogP contribution >= 0.6 is 0 Å². The predicted molar refractivity (Wildman–Crippen MR) is 108 cm³/mol. The van der Waals surface area contributed by atoms with Crippen molar-refractivity contribution >= 4 is 16.9 Å². The lowest BCUT2D eigenvalue weighted by molar-refractivity contribution is 0.483. The molecule has 5 rings (SSSR count). The maximum atomic E-state index is 6.28. The third-order valence-corrected chi connectivity index (χ3v) is 5.01. The Kier molecular flexibility index (Phi) is 4.14. The highest BCUT2D eigenvalue weighted by Crippen LogP contribution is 2.32. The Bertz CT molecular complexity index is 1100. The number of hydrogen-bond acceptors (Lipinski definition) is 6. The molecule has 4 aromatic rings. The van der Waals surface area contributed by atoms with Gasteiger partial charge >= 0.3 is 0 Å². The van der Waals surface area contributed by atoms with Crippen molar-refractivity contribution in [2.45, 2.75) is 12.3 Å². The molecule has 1 aliphatic heterocycles. The van der Waals surface area contributed by atoms with Gasteiger partial charge in [-0.3, -0.25) is 5.10 Å². The van der Waals surface area contributed by atoms with Crippen LogP contribution in [0.4, 0.5) is 5.82 Å². The van der Waals surface area contributed by atoms with Crippen LogP contribution in [0, 0.1) is 0 Å². The van der Waals surface area contributed by atoms with Gasteiger partial charge in [0.1, 0.15) is 23.1 Å². The van der Waals surface area contributed by atoms with Gasteiger partial charge in [0.05, 0.1) is 11.1 Å². The standard InChI is InChI=1S/C21H20N6O/c22-19-17-18(26-27-21(17)25-20(24-19)14-10-11-23-12-14)13-6-8-16(9-7-13)28-15-4-2-1-3-5-15/h1-9,14,23H,10-12H2,(H3,22,24,25,26,27)/t14-/m1/s1. The molecule has 1 atom stereocenters. The number of nitrogen functional groups attached to an aromatic ring is 1. The number of nitrogens with two attached hydrogens (primary N) is 1. The fraction of sp³-hybridized carbons (Fsp3) is 0.190. The van der Waals surface area contributed by atoms with Crippen molar-refractivity contribution in [3.8, 4) is 22.8 Å². The second kappa shape index (κ2) is 6.94. The Morgan fingerprint density at radius 3 is 2.50 bits per heavy atom. The smallest absolute Gasteiger partial charge is 0.187 e. The van der Waals surface area contributed by atoms with E-state index in [0.29, 0.717) is 17.4 Å². The maximum absolute atomic E-state index is 6.28. The van der Waals surface area contributed by atoms with Crippen LogP contribution in [0.5, 0.6) is 11.5 Å². The molecule has 4 N–H and O–H groups in total. The van der Waals surface area contributed by atoms with E-state index in [2.05, 4.69) is 25.5 Å².